The molecule has 0 aromatic heterocycles. The van der Waals surface area contributed by atoms with Gasteiger partial charge in [0.15, 0.2) is 0 Å². The zero-order valence-corrected chi connectivity index (χ0v) is 12.1. The number of allylic oxidation sites excluding steroid dienone is 1. The second-order valence-corrected chi connectivity index (χ2v) is 5.61. The fourth-order valence-corrected chi connectivity index (χ4v) is 2.86. The molecule has 0 spiro atoms. The second-order valence-electron chi connectivity index (χ2n) is 5.61. The van der Waals surface area contributed by atoms with Gasteiger partial charge >= 0.3 is 0 Å². The number of benzene rings is 1. The highest BCUT2D eigenvalue weighted by molar-refractivity contribution is 6.09. The number of hydrogen-bond acceptors (Lipinski definition) is 2. The third-order valence-corrected chi connectivity index (χ3v) is 4.00. The minimum atomic E-state index is 0.353. The van der Waals surface area contributed by atoms with Crippen molar-refractivity contribution in [1.82, 2.24) is 5.32 Å². The molecule has 1 saturated heterocycles. The van der Waals surface area contributed by atoms with Crippen LogP contribution >= 0.6 is 0 Å². The molecule has 0 saturated carbocycles. The van der Waals surface area contributed by atoms with Crippen molar-refractivity contribution >= 4 is 5.71 Å². The zero-order valence-electron chi connectivity index (χ0n) is 12.1. The summed E-state index contributed by atoms with van der Waals surface area (Å²) in [6.07, 6.45) is 7.99. The Morgan fingerprint density at radius 3 is 2.60 bits per heavy atom. The molecular weight excluding hydrogens is 244 g/mol. The van der Waals surface area contributed by atoms with Gasteiger partial charge < -0.3 is 5.32 Å². The molecule has 1 fully saturated rings. The van der Waals surface area contributed by atoms with Crippen LogP contribution in [0.3, 0.4) is 0 Å². The van der Waals surface area contributed by atoms with Crippen molar-refractivity contribution in [2.75, 3.05) is 13.1 Å². The molecule has 1 atom stereocenters. The highest BCUT2D eigenvalue weighted by Crippen LogP contribution is 2.24. The molecule has 1 unspecified atom stereocenters. The fraction of sp³-hybridized carbons (Fsp3) is 0.389. The van der Waals surface area contributed by atoms with Gasteiger partial charge in [-0.05, 0) is 62.1 Å². The molecule has 2 heterocycles. The maximum absolute atomic E-state index is 4.90. The van der Waals surface area contributed by atoms with Crippen LogP contribution in [-0.2, 0) is 0 Å². The monoisotopic (exact) mass is 266 g/mol. The molecule has 2 heteroatoms. The molecular formula is C18H22N2. The first-order valence-corrected chi connectivity index (χ1v) is 7.57. The first-order valence-electron chi connectivity index (χ1n) is 7.57. The Labute approximate surface area is 121 Å². The number of nitrogens with one attached hydrogen (secondary N) is 1. The predicted molar refractivity (Wildman–Crippen MR) is 85.3 cm³/mol. The van der Waals surface area contributed by atoms with Crippen LogP contribution in [0, 0.1) is 0 Å². The molecule has 2 nitrogen and oxygen atoms in total. The molecule has 0 radical (unpaired) electrons. The van der Waals surface area contributed by atoms with Crippen molar-refractivity contribution in [2.24, 2.45) is 4.99 Å². The van der Waals surface area contributed by atoms with E-state index in [-0.39, 0.29) is 0 Å². The molecule has 2 aliphatic rings. The third kappa shape index (κ3) is 3.07. The van der Waals surface area contributed by atoms with E-state index in [4.69, 9.17) is 4.99 Å². The molecule has 1 aromatic rings. The average Bonchev–Trinajstić information content (AvgIpc) is 2.68. The molecule has 3 rings (SSSR count). The summed E-state index contributed by atoms with van der Waals surface area (Å²) < 4.78 is 0. The molecule has 104 valence electrons. The lowest BCUT2D eigenvalue weighted by atomic mass is 9.94. The van der Waals surface area contributed by atoms with Gasteiger partial charge in [0.2, 0.25) is 0 Å². The number of aliphatic imine (C=N–C) groups is 1. The Balaban J connectivity index is 2.02. The molecule has 0 aliphatic carbocycles. The van der Waals surface area contributed by atoms with Crippen molar-refractivity contribution in [1.29, 1.82) is 0 Å². The number of fused-ring (bicyclic) bond motifs is 1. The van der Waals surface area contributed by atoms with Crippen molar-refractivity contribution in [3.63, 3.8) is 0 Å². The summed E-state index contributed by atoms with van der Waals surface area (Å²) in [6, 6.07) is 10.9. The van der Waals surface area contributed by atoms with E-state index in [1.165, 1.54) is 16.7 Å². The molecule has 1 aromatic carbocycles. The number of nitrogens with zero attached hydrogens (tertiary/aromatic N) is 1. The first kappa shape index (κ1) is 13.3. The molecule has 1 N–H and O–H groups in total. The maximum atomic E-state index is 4.90. The topological polar surface area (TPSA) is 24.4 Å². The van der Waals surface area contributed by atoms with Crippen molar-refractivity contribution in [3.8, 4) is 0 Å². The summed E-state index contributed by atoms with van der Waals surface area (Å²) in [7, 11) is 0. The Kier molecular flexibility index (Phi) is 4.12. The van der Waals surface area contributed by atoms with Crippen LogP contribution < -0.4 is 5.32 Å². The van der Waals surface area contributed by atoms with E-state index in [2.05, 4.69) is 54.7 Å². The van der Waals surface area contributed by atoms with Gasteiger partial charge in [0, 0.05) is 0 Å². The van der Waals surface area contributed by atoms with Gasteiger partial charge in [-0.3, -0.25) is 4.99 Å². The highest BCUT2D eigenvalue weighted by atomic mass is 14.9. The quantitative estimate of drug-likeness (QED) is 0.826. The van der Waals surface area contributed by atoms with E-state index in [0.717, 1.165) is 38.1 Å². The smallest absolute Gasteiger partial charge is 0.0652 e. The Hall–Kier alpha value is -1.67. The van der Waals surface area contributed by atoms with Gasteiger partial charge in [-0.2, -0.15) is 0 Å². The first-order chi connectivity index (χ1) is 9.83. The van der Waals surface area contributed by atoms with Gasteiger partial charge in [0.05, 0.1) is 11.8 Å². The third-order valence-electron chi connectivity index (χ3n) is 4.00. The summed E-state index contributed by atoms with van der Waals surface area (Å²) >= 11 is 0. The lowest BCUT2D eigenvalue weighted by molar-refractivity contribution is 0.716. The van der Waals surface area contributed by atoms with Gasteiger partial charge in [0.1, 0.15) is 0 Å². The highest BCUT2D eigenvalue weighted by Gasteiger charge is 2.14. The van der Waals surface area contributed by atoms with Gasteiger partial charge in [0.25, 0.3) is 0 Å². The lowest BCUT2D eigenvalue weighted by Gasteiger charge is -2.16. The second kappa shape index (κ2) is 6.19. The normalized spacial score (nSPS) is 23.4. The zero-order chi connectivity index (χ0) is 13.8. The molecule has 20 heavy (non-hydrogen) atoms. The van der Waals surface area contributed by atoms with Crippen LogP contribution in [0.1, 0.15) is 31.7 Å². The van der Waals surface area contributed by atoms with E-state index < -0.39 is 0 Å². The minimum absolute atomic E-state index is 0.353. The summed E-state index contributed by atoms with van der Waals surface area (Å²) in [5.74, 6) is 0. The van der Waals surface area contributed by atoms with Crippen LogP contribution in [0.4, 0.5) is 0 Å². The molecule has 0 bridgehead atoms. The largest absolute Gasteiger partial charge is 0.316 e. The van der Waals surface area contributed by atoms with Crippen molar-refractivity contribution < 1.29 is 0 Å². The van der Waals surface area contributed by atoms with E-state index in [1.807, 2.05) is 0 Å². The predicted octanol–water partition coefficient (Wildman–Crippen LogP) is 3.50. The minimum Gasteiger partial charge on any atom is -0.316 e. The lowest BCUT2D eigenvalue weighted by Crippen LogP contribution is -2.13. The SMILES string of the molecule is CC1CC=C2CCNCCC2=CC(c2ccccc2)=N1. The van der Waals surface area contributed by atoms with Gasteiger partial charge in [-0.15, -0.1) is 0 Å². The van der Waals surface area contributed by atoms with Gasteiger partial charge in [-0.25, -0.2) is 0 Å². The van der Waals surface area contributed by atoms with E-state index in [0.29, 0.717) is 6.04 Å². The van der Waals surface area contributed by atoms with Crippen molar-refractivity contribution in [2.45, 2.75) is 32.2 Å². The summed E-state index contributed by atoms with van der Waals surface area (Å²) in [4.78, 5) is 4.90. The average molecular weight is 266 g/mol. The van der Waals surface area contributed by atoms with Crippen LogP contribution in [0.25, 0.3) is 0 Å². The molecule has 2 aliphatic heterocycles. The summed E-state index contributed by atoms with van der Waals surface area (Å²) in [5, 5.41) is 3.49. The molecule has 0 amide bonds. The van der Waals surface area contributed by atoms with E-state index in [9.17, 15) is 0 Å². The Morgan fingerprint density at radius 1 is 1.05 bits per heavy atom. The van der Waals surface area contributed by atoms with Crippen LogP contribution in [0.2, 0.25) is 0 Å². The van der Waals surface area contributed by atoms with E-state index >= 15 is 0 Å². The number of rotatable bonds is 1. The van der Waals surface area contributed by atoms with Crippen molar-refractivity contribution in [3.05, 3.63) is 59.2 Å². The summed E-state index contributed by atoms with van der Waals surface area (Å²) in [6.45, 7) is 4.37. The van der Waals surface area contributed by atoms with E-state index in [1.54, 1.807) is 0 Å². The van der Waals surface area contributed by atoms with Gasteiger partial charge in [-0.1, -0.05) is 36.4 Å². The number of hydrogen-bond donors (Lipinski definition) is 1. The summed E-state index contributed by atoms with van der Waals surface area (Å²) in [5.41, 5.74) is 5.35. The fourth-order valence-electron chi connectivity index (χ4n) is 2.86. The standard InChI is InChI=1S/C18H22N2/c1-14-7-8-15-9-11-19-12-10-17(15)13-18(20-14)16-5-3-2-4-6-16/h2-6,8,13-14,19H,7,9-12H2,1H3. The maximum Gasteiger partial charge on any atom is 0.0652 e. The Bertz CT molecular complexity index is 552. The van der Waals surface area contributed by atoms with Crippen LogP contribution in [0.15, 0.2) is 58.6 Å². The van der Waals surface area contributed by atoms with Crippen LogP contribution in [0.5, 0.6) is 0 Å². The van der Waals surface area contributed by atoms with Crippen LogP contribution in [-0.4, -0.2) is 24.8 Å². The Morgan fingerprint density at radius 2 is 1.80 bits per heavy atom.